The first-order chi connectivity index (χ1) is 15.6. The molecule has 0 spiro atoms. The van der Waals surface area contributed by atoms with E-state index in [0.29, 0.717) is 5.69 Å². The number of benzene rings is 1. The lowest BCUT2D eigenvalue weighted by atomic mass is 10.00. The van der Waals surface area contributed by atoms with Gasteiger partial charge in [0.25, 0.3) is 0 Å². The predicted molar refractivity (Wildman–Crippen MR) is 126 cm³/mol. The zero-order valence-electron chi connectivity index (χ0n) is 17.7. The van der Waals surface area contributed by atoms with Crippen molar-refractivity contribution in [1.29, 1.82) is 0 Å². The molecule has 0 radical (unpaired) electrons. The highest BCUT2D eigenvalue weighted by Gasteiger charge is 2.21. The number of H-pyrrole nitrogens is 2. The molecule has 2 aliphatic rings. The average Bonchev–Trinajstić information content (AvgIpc) is 3.43. The number of nitrogen functional groups attached to an aromatic ring is 1. The van der Waals surface area contributed by atoms with Crippen LogP contribution in [-0.4, -0.2) is 56.1 Å². The lowest BCUT2D eigenvalue weighted by Gasteiger charge is -2.33. The summed E-state index contributed by atoms with van der Waals surface area (Å²) < 4.78 is 0. The van der Waals surface area contributed by atoms with E-state index in [9.17, 15) is 0 Å². The summed E-state index contributed by atoms with van der Waals surface area (Å²) in [5.74, 6) is 7.56. The molecule has 0 saturated carbocycles. The summed E-state index contributed by atoms with van der Waals surface area (Å²) in [7, 11) is 0. The van der Waals surface area contributed by atoms with E-state index < -0.39 is 0 Å². The van der Waals surface area contributed by atoms with Crippen LogP contribution in [-0.2, 0) is 12.8 Å². The van der Waals surface area contributed by atoms with Gasteiger partial charge in [-0.1, -0.05) is 6.08 Å². The van der Waals surface area contributed by atoms with Crippen LogP contribution in [0.5, 0.6) is 0 Å². The van der Waals surface area contributed by atoms with Crippen molar-refractivity contribution in [3.8, 4) is 11.5 Å². The summed E-state index contributed by atoms with van der Waals surface area (Å²) in [6.45, 7) is 3.61. The molecule has 1 aromatic carbocycles. The third kappa shape index (κ3) is 3.41. The van der Waals surface area contributed by atoms with Gasteiger partial charge in [0.15, 0.2) is 5.82 Å². The molecule has 0 atom stereocenters. The zero-order chi connectivity index (χ0) is 21.7. The molecule has 0 amide bonds. The van der Waals surface area contributed by atoms with Crippen molar-refractivity contribution < 1.29 is 0 Å². The second-order valence-electron chi connectivity index (χ2n) is 8.41. The summed E-state index contributed by atoms with van der Waals surface area (Å²) >= 11 is 0. The van der Waals surface area contributed by atoms with Crippen LogP contribution in [0.15, 0.2) is 42.6 Å². The lowest BCUT2D eigenvalue weighted by molar-refractivity contribution is 0.266. The van der Waals surface area contributed by atoms with Crippen molar-refractivity contribution in [3.05, 3.63) is 59.8 Å². The van der Waals surface area contributed by atoms with E-state index >= 15 is 0 Å². The Kier molecular flexibility index (Phi) is 4.44. The second kappa shape index (κ2) is 7.47. The van der Waals surface area contributed by atoms with Crippen molar-refractivity contribution in [2.75, 3.05) is 36.8 Å². The van der Waals surface area contributed by atoms with Gasteiger partial charge in [-0.3, -0.25) is 10.8 Å². The van der Waals surface area contributed by atoms with Gasteiger partial charge < -0.3 is 20.6 Å². The van der Waals surface area contributed by atoms with Gasteiger partial charge in [0.1, 0.15) is 11.5 Å². The molecule has 32 heavy (non-hydrogen) atoms. The van der Waals surface area contributed by atoms with Gasteiger partial charge in [-0.25, -0.2) is 15.0 Å². The Morgan fingerprint density at radius 2 is 1.81 bits per heavy atom. The van der Waals surface area contributed by atoms with Gasteiger partial charge in [-0.2, -0.15) is 0 Å². The summed E-state index contributed by atoms with van der Waals surface area (Å²) in [6.07, 6.45) is 5.41. The van der Waals surface area contributed by atoms with Crippen molar-refractivity contribution in [2.45, 2.75) is 12.8 Å². The van der Waals surface area contributed by atoms with E-state index in [1.807, 2.05) is 11.1 Å². The standard InChI is InChI=1S/C23H25N9/c24-15-5-6-26-21(12-15)23-28-17-3-1-14(11-19(17)30-23)22-27-18-4-2-16(13-20(18)29-22)31-7-9-32(25)10-8-31/h1-2,4-6,12-13H,3,7-11,25H2,(H2,24,26)(H,27,29)(H,28,30). The minimum atomic E-state index is 0.676. The van der Waals surface area contributed by atoms with E-state index in [1.165, 1.54) is 11.3 Å². The third-order valence-electron chi connectivity index (χ3n) is 6.25. The molecular formula is C23H25N9. The number of pyridine rings is 1. The van der Waals surface area contributed by atoms with Gasteiger partial charge in [0.05, 0.1) is 16.7 Å². The summed E-state index contributed by atoms with van der Waals surface area (Å²) in [4.78, 5) is 23.3. The smallest absolute Gasteiger partial charge is 0.156 e. The van der Waals surface area contributed by atoms with E-state index in [1.54, 1.807) is 12.3 Å². The average molecular weight is 428 g/mol. The summed E-state index contributed by atoms with van der Waals surface area (Å²) in [5.41, 5.74) is 13.9. The van der Waals surface area contributed by atoms with E-state index in [-0.39, 0.29) is 0 Å². The fourth-order valence-electron chi connectivity index (χ4n) is 4.45. The Balaban J connectivity index is 1.25. The fraction of sp³-hybridized carbons (Fsp3) is 0.261. The first-order valence-electron chi connectivity index (χ1n) is 10.9. The van der Waals surface area contributed by atoms with Crippen LogP contribution < -0.4 is 16.5 Å². The Bertz CT molecular complexity index is 1320. The summed E-state index contributed by atoms with van der Waals surface area (Å²) in [5, 5.41) is 1.87. The maximum Gasteiger partial charge on any atom is 0.156 e. The number of fused-ring (bicyclic) bond motifs is 2. The SMILES string of the molecule is Nc1ccnc(-c2nc3c([nH]2)CC(c2nc4ccc(N5CCN(N)CC5)cc4[nH]2)=CC3)c1. The molecule has 0 unspecified atom stereocenters. The van der Waals surface area contributed by atoms with Gasteiger partial charge in [0.2, 0.25) is 0 Å². The fourth-order valence-corrected chi connectivity index (χ4v) is 4.45. The van der Waals surface area contributed by atoms with Gasteiger partial charge in [-0.05, 0) is 35.9 Å². The molecule has 4 aromatic rings. The largest absolute Gasteiger partial charge is 0.399 e. The number of hydrogen-bond donors (Lipinski definition) is 4. The maximum atomic E-state index is 5.90. The molecule has 9 nitrogen and oxygen atoms in total. The highest BCUT2D eigenvalue weighted by molar-refractivity contribution is 5.83. The monoisotopic (exact) mass is 427 g/mol. The van der Waals surface area contributed by atoms with Crippen molar-refractivity contribution in [1.82, 2.24) is 29.9 Å². The second-order valence-corrected chi connectivity index (χ2v) is 8.41. The predicted octanol–water partition coefficient (Wildman–Crippen LogP) is 2.11. The lowest BCUT2D eigenvalue weighted by Crippen LogP contribution is -2.49. The van der Waals surface area contributed by atoms with Crippen LogP contribution in [0.25, 0.3) is 28.1 Å². The molecular weight excluding hydrogens is 402 g/mol. The number of aromatic amines is 2. The summed E-state index contributed by atoms with van der Waals surface area (Å²) in [6, 6.07) is 10.0. The zero-order valence-corrected chi connectivity index (χ0v) is 17.7. The molecule has 4 heterocycles. The molecule has 1 aliphatic heterocycles. The quantitative estimate of drug-likeness (QED) is 0.369. The first kappa shape index (κ1) is 19.0. The van der Waals surface area contributed by atoms with E-state index in [4.69, 9.17) is 21.5 Å². The van der Waals surface area contributed by atoms with Crippen LogP contribution in [0.4, 0.5) is 11.4 Å². The Morgan fingerprint density at radius 3 is 2.66 bits per heavy atom. The van der Waals surface area contributed by atoms with Gasteiger partial charge >= 0.3 is 0 Å². The molecule has 3 aromatic heterocycles. The number of nitrogens with two attached hydrogens (primary N) is 2. The van der Waals surface area contributed by atoms with Crippen LogP contribution in [0.1, 0.15) is 17.2 Å². The van der Waals surface area contributed by atoms with Crippen LogP contribution in [0, 0.1) is 0 Å². The van der Waals surface area contributed by atoms with Crippen LogP contribution >= 0.6 is 0 Å². The number of rotatable bonds is 3. The van der Waals surface area contributed by atoms with Crippen LogP contribution in [0.3, 0.4) is 0 Å². The molecule has 0 bridgehead atoms. The van der Waals surface area contributed by atoms with Crippen molar-refractivity contribution in [3.63, 3.8) is 0 Å². The molecule has 6 N–H and O–H groups in total. The van der Waals surface area contributed by atoms with E-state index in [0.717, 1.165) is 78.8 Å². The van der Waals surface area contributed by atoms with Crippen molar-refractivity contribution >= 4 is 28.0 Å². The molecule has 162 valence electrons. The molecule has 1 aliphatic carbocycles. The Morgan fingerprint density at radius 1 is 0.938 bits per heavy atom. The van der Waals surface area contributed by atoms with Gasteiger partial charge in [-0.15, -0.1) is 0 Å². The van der Waals surface area contributed by atoms with Crippen LogP contribution in [0.2, 0.25) is 0 Å². The molecule has 9 heteroatoms. The normalized spacial score (nSPS) is 16.9. The van der Waals surface area contributed by atoms with Crippen molar-refractivity contribution in [2.24, 2.45) is 5.84 Å². The highest BCUT2D eigenvalue weighted by Crippen LogP contribution is 2.29. The molecule has 1 saturated heterocycles. The third-order valence-corrected chi connectivity index (χ3v) is 6.25. The first-order valence-corrected chi connectivity index (χ1v) is 10.9. The minimum absolute atomic E-state index is 0.676. The topological polar surface area (TPSA) is 129 Å². The Labute approximate surface area is 185 Å². The number of piperazine rings is 1. The number of hydrogen-bond acceptors (Lipinski definition) is 7. The number of allylic oxidation sites excluding steroid dienone is 2. The molecule has 6 rings (SSSR count). The number of hydrazine groups is 1. The number of nitrogens with zero attached hydrogens (tertiary/aromatic N) is 5. The number of nitrogens with one attached hydrogen (secondary N) is 2. The number of imidazole rings is 2. The molecule has 1 fully saturated rings. The minimum Gasteiger partial charge on any atom is -0.399 e. The number of aromatic nitrogens is 5. The number of anilines is 2. The van der Waals surface area contributed by atoms with Gasteiger partial charge in [0, 0.05) is 62.3 Å². The van der Waals surface area contributed by atoms with E-state index in [2.05, 4.69) is 44.1 Å². The highest BCUT2D eigenvalue weighted by atomic mass is 15.4. The maximum absolute atomic E-state index is 5.90. The Hall–Kier alpha value is -3.69.